The molecule has 0 aliphatic carbocycles. The van der Waals surface area contributed by atoms with Crippen molar-refractivity contribution in [3.63, 3.8) is 0 Å². The van der Waals surface area contributed by atoms with Gasteiger partial charge in [-0.25, -0.2) is 0 Å². The maximum absolute atomic E-state index is 11.4. The summed E-state index contributed by atoms with van der Waals surface area (Å²) < 4.78 is 0. The largest absolute Gasteiger partial charge is 0.383 e. The Morgan fingerprint density at radius 2 is 2.57 bits per heavy atom. The van der Waals surface area contributed by atoms with Crippen molar-refractivity contribution in [3.8, 4) is 0 Å². The summed E-state index contributed by atoms with van der Waals surface area (Å²) >= 11 is 1.76. The number of nitrogens with two attached hydrogens (primary N) is 1. The fraction of sp³-hybridized carbons (Fsp3) is 0.500. The van der Waals surface area contributed by atoms with Crippen molar-refractivity contribution >= 4 is 23.5 Å². The predicted octanol–water partition coefficient (Wildman–Crippen LogP) is 0.475. The smallest absolute Gasteiger partial charge is 0.256 e. The molecule has 1 heterocycles. The Hall–Kier alpha value is -1.17. The zero-order valence-corrected chi connectivity index (χ0v) is 8.86. The zero-order chi connectivity index (χ0) is 10.4. The van der Waals surface area contributed by atoms with E-state index in [-0.39, 0.29) is 5.91 Å². The summed E-state index contributed by atoms with van der Waals surface area (Å²) in [6, 6.07) is 0. The molecule has 0 aliphatic rings. The highest BCUT2D eigenvalue weighted by Gasteiger charge is 2.09. The molecule has 0 unspecified atom stereocenters. The number of rotatable bonds is 5. The van der Waals surface area contributed by atoms with Gasteiger partial charge in [-0.2, -0.15) is 16.9 Å². The number of nitrogen functional groups attached to an aromatic ring is 1. The zero-order valence-electron chi connectivity index (χ0n) is 8.04. The van der Waals surface area contributed by atoms with Gasteiger partial charge in [-0.1, -0.05) is 0 Å². The molecule has 1 rings (SSSR count). The van der Waals surface area contributed by atoms with E-state index in [9.17, 15) is 4.79 Å². The van der Waals surface area contributed by atoms with Gasteiger partial charge in [-0.3, -0.25) is 9.89 Å². The van der Waals surface area contributed by atoms with Crippen LogP contribution in [0.3, 0.4) is 0 Å². The fourth-order valence-corrected chi connectivity index (χ4v) is 1.42. The molecule has 0 saturated carbocycles. The molecule has 0 radical (unpaired) electrons. The van der Waals surface area contributed by atoms with Gasteiger partial charge in [0.15, 0.2) is 0 Å². The molecule has 6 heteroatoms. The second-order valence-electron chi connectivity index (χ2n) is 2.80. The number of aromatic amines is 1. The van der Waals surface area contributed by atoms with Crippen molar-refractivity contribution in [3.05, 3.63) is 11.8 Å². The lowest BCUT2D eigenvalue weighted by molar-refractivity contribution is 0.0955. The van der Waals surface area contributed by atoms with E-state index in [1.807, 2.05) is 6.26 Å². The number of nitrogens with one attached hydrogen (secondary N) is 2. The molecule has 0 atom stereocenters. The molecule has 1 amide bonds. The van der Waals surface area contributed by atoms with E-state index in [1.165, 1.54) is 6.20 Å². The van der Waals surface area contributed by atoms with Crippen LogP contribution in [-0.4, -0.2) is 34.7 Å². The van der Waals surface area contributed by atoms with E-state index in [1.54, 1.807) is 11.8 Å². The van der Waals surface area contributed by atoms with E-state index in [4.69, 9.17) is 5.73 Å². The van der Waals surface area contributed by atoms with Crippen LogP contribution in [0.2, 0.25) is 0 Å². The first-order chi connectivity index (χ1) is 6.75. The number of anilines is 1. The number of H-pyrrole nitrogens is 1. The number of thioether (sulfide) groups is 1. The topological polar surface area (TPSA) is 83.8 Å². The van der Waals surface area contributed by atoms with Gasteiger partial charge in [0.1, 0.15) is 11.4 Å². The Morgan fingerprint density at radius 3 is 3.14 bits per heavy atom. The van der Waals surface area contributed by atoms with Gasteiger partial charge in [0.25, 0.3) is 5.91 Å². The van der Waals surface area contributed by atoms with Crippen molar-refractivity contribution in [2.24, 2.45) is 0 Å². The predicted molar refractivity (Wildman–Crippen MR) is 58.3 cm³/mol. The Balaban J connectivity index is 2.32. The molecule has 78 valence electrons. The van der Waals surface area contributed by atoms with E-state index < -0.39 is 0 Å². The molecule has 1 aromatic rings. The number of carbonyl (C=O) groups is 1. The van der Waals surface area contributed by atoms with Crippen LogP contribution in [0.5, 0.6) is 0 Å². The number of hydrogen-bond acceptors (Lipinski definition) is 4. The number of amides is 1. The molecule has 0 bridgehead atoms. The second-order valence-corrected chi connectivity index (χ2v) is 3.79. The summed E-state index contributed by atoms with van der Waals surface area (Å²) in [6.45, 7) is 0.671. The molecule has 0 aromatic carbocycles. The average molecular weight is 214 g/mol. The van der Waals surface area contributed by atoms with Crippen LogP contribution in [0.25, 0.3) is 0 Å². The number of aromatic nitrogens is 2. The summed E-state index contributed by atoms with van der Waals surface area (Å²) in [5.74, 6) is 1.19. The third-order valence-electron chi connectivity index (χ3n) is 1.72. The molecule has 0 spiro atoms. The van der Waals surface area contributed by atoms with Gasteiger partial charge in [-0.15, -0.1) is 0 Å². The standard InChI is InChI=1S/C8H14N4OS/c1-14-4-2-3-10-8(13)6-5-11-12-7(6)9/h5H,2-4H2,1H3,(H,10,13)(H3,9,11,12). The van der Waals surface area contributed by atoms with E-state index in [0.717, 1.165) is 12.2 Å². The first-order valence-electron chi connectivity index (χ1n) is 4.31. The van der Waals surface area contributed by atoms with Gasteiger partial charge >= 0.3 is 0 Å². The van der Waals surface area contributed by atoms with E-state index in [2.05, 4.69) is 15.5 Å². The molecular weight excluding hydrogens is 200 g/mol. The van der Waals surface area contributed by atoms with Crippen LogP contribution in [0.4, 0.5) is 5.82 Å². The molecule has 14 heavy (non-hydrogen) atoms. The number of hydrogen-bond donors (Lipinski definition) is 3. The first kappa shape index (κ1) is 10.9. The summed E-state index contributed by atoms with van der Waals surface area (Å²) in [5.41, 5.74) is 5.90. The van der Waals surface area contributed by atoms with E-state index in [0.29, 0.717) is 17.9 Å². The highest BCUT2D eigenvalue weighted by molar-refractivity contribution is 7.98. The van der Waals surface area contributed by atoms with Crippen molar-refractivity contribution in [2.75, 3.05) is 24.3 Å². The minimum absolute atomic E-state index is 0.169. The molecule has 4 N–H and O–H groups in total. The molecule has 0 fully saturated rings. The van der Waals surface area contributed by atoms with Crippen LogP contribution < -0.4 is 11.1 Å². The summed E-state index contributed by atoms with van der Waals surface area (Å²) in [4.78, 5) is 11.4. The van der Waals surface area contributed by atoms with Crippen molar-refractivity contribution in [2.45, 2.75) is 6.42 Å². The molecule has 1 aromatic heterocycles. The lowest BCUT2D eigenvalue weighted by atomic mass is 10.3. The molecular formula is C8H14N4OS. The van der Waals surface area contributed by atoms with Crippen LogP contribution >= 0.6 is 11.8 Å². The van der Waals surface area contributed by atoms with Gasteiger partial charge in [0.05, 0.1) is 6.20 Å². The maximum Gasteiger partial charge on any atom is 0.256 e. The number of carbonyl (C=O) groups excluding carboxylic acids is 1. The average Bonchev–Trinajstić information content (AvgIpc) is 2.59. The van der Waals surface area contributed by atoms with Gasteiger partial charge in [0, 0.05) is 6.54 Å². The molecule has 5 nitrogen and oxygen atoms in total. The third-order valence-corrected chi connectivity index (χ3v) is 2.42. The Bertz CT molecular complexity index is 299. The second kappa shape index (κ2) is 5.54. The summed E-state index contributed by atoms with van der Waals surface area (Å²) in [7, 11) is 0. The molecule has 0 saturated heterocycles. The minimum atomic E-state index is -0.169. The quantitative estimate of drug-likeness (QED) is 0.622. The Morgan fingerprint density at radius 1 is 1.79 bits per heavy atom. The third kappa shape index (κ3) is 2.95. The molecule has 0 aliphatic heterocycles. The Kier molecular flexibility index (Phi) is 4.31. The summed E-state index contributed by atoms with van der Waals surface area (Å²) in [5, 5.41) is 8.95. The monoisotopic (exact) mass is 214 g/mol. The lowest BCUT2D eigenvalue weighted by Crippen LogP contribution is -2.25. The lowest BCUT2D eigenvalue weighted by Gasteiger charge is -2.02. The van der Waals surface area contributed by atoms with Crippen molar-refractivity contribution < 1.29 is 4.79 Å². The van der Waals surface area contributed by atoms with Crippen LogP contribution in [0, 0.1) is 0 Å². The maximum atomic E-state index is 11.4. The van der Waals surface area contributed by atoms with Crippen molar-refractivity contribution in [1.29, 1.82) is 0 Å². The fourth-order valence-electron chi connectivity index (χ4n) is 0.991. The number of nitrogens with zero attached hydrogens (tertiary/aromatic N) is 1. The van der Waals surface area contributed by atoms with E-state index >= 15 is 0 Å². The summed E-state index contributed by atoms with van der Waals surface area (Å²) in [6.07, 6.45) is 4.43. The Labute approximate surface area is 86.8 Å². The van der Waals surface area contributed by atoms with Gasteiger partial charge in [0.2, 0.25) is 0 Å². The SMILES string of the molecule is CSCCCNC(=O)c1cn[nH]c1N. The van der Waals surface area contributed by atoms with Crippen LogP contribution in [-0.2, 0) is 0 Å². The van der Waals surface area contributed by atoms with Gasteiger partial charge in [-0.05, 0) is 18.4 Å². The first-order valence-corrected chi connectivity index (χ1v) is 5.71. The minimum Gasteiger partial charge on any atom is -0.383 e. The highest BCUT2D eigenvalue weighted by atomic mass is 32.2. The van der Waals surface area contributed by atoms with Crippen LogP contribution in [0.1, 0.15) is 16.8 Å². The van der Waals surface area contributed by atoms with Crippen LogP contribution in [0.15, 0.2) is 6.20 Å². The highest BCUT2D eigenvalue weighted by Crippen LogP contribution is 2.05. The normalized spacial score (nSPS) is 10.1. The van der Waals surface area contributed by atoms with Gasteiger partial charge < -0.3 is 11.1 Å². The van der Waals surface area contributed by atoms with Crippen molar-refractivity contribution in [1.82, 2.24) is 15.5 Å².